The van der Waals surface area contributed by atoms with E-state index in [1.54, 1.807) is 31.2 Å². The number of nitroso groups, excluding NO2 is 1. The number of nitro benzene ring substituents is 2. The molecule has 19 heteroatoms. The van der Waals surface area contributed by atoms with Crippen LogP contribution in [0.3, 0.4) is 0 Å². The SMILES string of the molecule is CCCn1c(=O)c(N)c(N)n(CCc2ccc([N+](=O)[O-])cc2)c1=O.CCCn1c(=O)c(N=O)c(N)n(CCc2ccc([N+](=O)[O-])cc2)c1=O. The van der Waals surface area contributed by atoms with E-state index in [0.29, 0.717) is 25.7 Å². The summed E-state index contributed by atoms with van der Waals surface area (Å²) in [6.07, 6.45) is 1.90. The van der Waals surface area contributed by atoms with Gasteiger partial charge < -0.3 is 17.2 Å². The highest BCUT2D eigenvalue weighted by Crippen LogP contribution is 2.17. The lowest BCUT2D eigenvalue weighted by molar-refractivity contribution is -0.385. The van der Waals surface area contributed by atoms with Crippen LogP contribution in [0, 0.1) is 25.1 Å². The number of aromatic nitrogens is 4. The van der Waals surface area contributed by atoms with E-state index in [2.05, 4.69) is 5.18 Å². The van der Waals surface area contributed by atoms with Gasteiger partial charge in [0.1, 0.15) is 17.3 Å². The maximum absolute atomic E-state index is 12.4. The summed E-state index contributed by atoms with van der Waals surface area (Å²) in [6.45, 7) is 4.38. The molecule has 0 amide bonds. The molecule has 0 radical (unpaired) electrons. The Morgan fingerprint density at radius 1 is 0.612 bits per heavy atom. The van der Waals surface area contributed by atoms with Gasteiger partial charge in [0.25, 0.3) is 22.5 Å². The van der Waals surface area contributed by atoms with Gasteiger partial charge in [-0.05, 0) is 42.0 Å². The molecule has 0 saturated heterocycles. The van der Waals surface area contributed by atoms with Crippen LogP contribution in [0.1, 0.15) is 37.8 Å². The Kier molecular flexibility index (Phi) is 12.4. The number of nitrogens with two attached hydrogens (primary N) is 3. The van der Waals surface area contributed by atoms with Gasteiger partial charge in [-0.3, -0.25) is 48.1 Å². The van der Waals surface area contributed by atoms with Crippen molar-refractivity contribution in [3.63, 3.8) is 0 Å². The lowest BCUT2D eigenvalue weighted by Crippen LogP contribution is -2.42. The number of hydrogen-bond donors (Lipinski definition) is 3. The van der Waals surface area contributed by atoms with Gasteiger partial charge in [0.15, 0.2) is 0 Å². The first-order chi connectivity index (χ1) is 23.3. The van der Waals surface area contributed by atoms with Crippen molar-refractivity contribution in [3.05, 3.63) is 126 Å². The van der Waals surface area contributed by atoms with E-state index < -0.39 is 38.0 Å². The number of nitrogen functional groups attached to an aromatic ring is 3. The summed E-state index contributed by atoms with van der Waals surface area (Å²) in [4.78, 5) is 80.2. The summed E-state index contributed by atoms with van der Waals surface area (Å²) in [7, 11) is 0. The highest BCUT2D eigenvalue weighted by molar-refractivity contribution is 5.57. The van der Waals surface area contributed by atoms with Gasteiger partial charge in [0.05, 0.1) is 9.85 Å². The van der Waals surface area contributed by atoms with Gasteiger partial charge in [-0.25, -0.2) is 9.59 Å². The molecule has 0 spiro atoms. The average molecular weight is 681 g/mol. The molecule has 4 aromatic rings. The number of anilines is 3. The van der Waals surface area contributed by atoms with Crippen molar-refractivity contribution >= 4 is 34.4 Å². The van der Waals surface area contributed by atoms with Crippen LogP contribution in [0.5, 0.6) is 0 Å². The maximum atomic E-state index is 12.4. The van der Waals surface area contributed by atoms with Crippen LogP contribution in [0.15, 0.2) is 72.9 Å². The quantitative estimate of drug-likeness (QED) is 0.104. The molecule has 0 unspecified atom stereocenters. The second-order valence-electron chi connectivity index (χ2n) is 10.8. The van der Waals surface area contributed by atoms with Gasteiger partial charge in [0, 0.05) is 50.4 Å². The van der Waals surface area contributed by atoms with Crippen molar-refractivity contribution < 1.29 is 9.85 Å². The fraction of sp³-hybridized carbons (Fsp3) is 0.333. The molecule has 2 aromatic heterocycles. The lowest BCUT2D eigenvalue weighted by Gasteiger charge is -2.14. The van der Waals surface area contributed by atoms with E-state index in [0.717, 1.165) is 24.8 Å². The zero-order valence-corrected chi connectivity index (χ0v) is 26.8. The number of benzene rings is 2. The molecule has 6 N–H and O–H groups in total. The van der Waals surface area contributed by atoms with Gasteiger partial charge in [-0.2, -0.15) is 0 Å². The van der Waals surface area contributed by atoms with Crippen LogP contribution in [0.4, 0.5) is 34.4 Å². The highest BCUT2D eigenvalue weighted by Gasteiger charge is 2.18. The lowest BCUT2D eigenvalue weighted by atomic mass is 10.1. The van der Waals surface area contributed by atoms with E-state index in [9.17, 15) is 44.3 Å². The fourth-order valence-electron chi connectivity index (χ4n) is 4.85. The summed E-state index contributed by atoms with van der Waals surface area (Å²) < 4.78 is 4.38. The highest BCUT2D eigenvalue weighted by atomic mass is 16.6. The first-order valence-electron chi connectivity index (χ1n) is 15.1. The monoisotopic (exact) mass is 680 g/mol. The molecule has 19 nitrogen and oxygen atoms in total. The molecule has 260 valence electrons. The van der Waals surface area contributed by atoms with E-state index >= 15 is 0 Å². The second kappa shape index (κ2) is 16.4. The number of aryl methyl sites for hydroxylation is 2. The molecule has 0 aliphatic carbocycles. The Labute approximate surface area is 277 Å². The predicted molar refractivity (Wildman–Crippen MR) is 183 cm³/mol. The second-order valence-corrected chi connectivity index (χ2v) is 10.8. The largest absolute Gasteiger partial charge is 0.391 e. The van der Waals surface area contributed by atoms with Gasteiger partial charge in [-0.1, -0.05) is 38.1 Å². The maximum Gasteiger partial charge on any atom is 0.332 e. The molecule has 2 aromatic carbocycles. The fourth-order valence-corrected chi connectivity index (χ4v) is 4.85. The van der Waals surface area contributed by atoms with E-state index in [1.165, 1.54) is 28.8 Å². The summed E-state index contributed by atoms with van der Waals surface area (Å²) in [5.41, 5.74) is 15.7. The third kappa shape index (κ3) is 8.50. The third-order valence-corrected chi connectivity index (χ3v) is 7.48. The van der Waals surface area contributed by atoms with E-state index in [1.807, 2.05) is 6.92 Å². The Morgan fingerprint density at radius 3 is 1.37 bits per heavy atom. The van der Waals surface area contributed by atoms with Crippen LogP contribution < -0.4 is 39.7 Å². The molecule has 49 heavy (non-hydrogen) atoms. The van der Waals surface area contributed by atoms with E-state index in [-0.39, 0.29) is 54.9 Å². The van der Waals surface area contributed by atoms with Gasteiger partial charge in [-0.15, -0.1) is 4.91 Å². The molecule has 0 bridgehead atoms. The molecule has 4 rings (SSSR count). The number of non-ortho nitro benzene ring substituents is 2. The van der Waals surface area contributed by atoms with Crippen molar-refractivity contribution in [1.82, 2.24) is 18.3 Å². The van der Waals surface area contributed by atoms with Crippen molar-refractivity contribution in [1.29, 1.82) is 0 Å². The standard InChI is InChI=1S/C15H17N5O5.C15H19N5O4/c1-2-8-19-14(21)12(17-23)13(16)18(15(19)22)9-7-10-3-5-11(6-4-10)20(24)25;1-2-8-19-14(21)12(16)13(17)18(15(19)22)9-7-10-3-5-11(6-4-10)20(23)24/h3-6H,2,7-9,16H2,1H3;3-6H,2,7-9,16-17H2,1H3. The summed E-state index contributed by atoms with van der Waals surface area (Å²) in [5, 5.41) is 24.0. The van der Waals surface area contributed by atoms with Crippen LogP contribution in [0.25, 0.3) is 0 Å². The summed E-state index contributed by atoms with van der Waals surface area (Å²) in [6, 6.07) is 11.9. The third-order valence-electron chi connectivity index (χ3n) is 7.48. The van der Waals surface area contributed by atoms with Crippen molar-refractivity contribution in [2.45, 2.75) is 65.7 Å². The number of rotatable bonds is 13. The topological polar surface area (TPSA) is 282 Å². The van der Waals surface area contributed by atoms with E-state index in [4.69, 9.17) is 17.2 Å². The van der Waals surface area contributed by atoms with Crippen molar-refractivity contribution in [3.8, 4) is 0 Å². The normalized spacial score (nSPS) is 10.7. The summed E-state index contributed by atoms with van der Waals surface area (Å²) >= 11 is 0. The molecule has 0 aliphatic rings. The number of nitro groups is 2. The minimum absolute atomic E-state index is 0.00355. The summed E-state index contributed by atoms with van der Waals surface area (Å²) in [5.74, 6) is -0.335. The van der Waals surface area contributed by atoms with Gasteiger partial charge in [0.2, 0.25) is 5.69 Å². The molecule has 0 atom stereocenters. The van der Waals surface area contributed by atoms with Crippen LogP contribution in [-0.2, 0) is 39.0 Å². The Hall–Kier alpha value is -6.40. The molecule has 0 saturated carbocycles. The molecule has 2 heterocycles. The first-order valence-corrected chi connectivity index (χ1v) is 15.1. The van der Waals surface area contributed by atoms with Crippen molar-refractivity contribution in [2.75, 3.05) is 17.2 Å². The predicted octanol–water partition coefficient (Wildman–Crippen LogP) is 2.29. The van der Waals surface area contributed by atoms with Gasteiger partial charge >= 0.3 is 11.4 Å². The molecule has 0 fully saturated rings. The molecule has 0 aliphatic heterocycles. The minimum Gasteiger partial charge on any atom is -0.391 e. The Balaban J connectivity index is 0.000000266. The zero-order chi connectivity index (χ0) is 36.4. The minimum atomic E-state index is -0.800. The van der Waals surface area contributed by atoms with Crippen LogP contribution in [-0.4, -0.2) is 28.1 Å². The molecular formula is C30H36N10O9. The number of nitrogens with zero attached hydrogens (tertiary/aromatic N) is 7. The average Bonchev–Trinajstić information content (AvgIpc) is 3.08. The Bertz CT molecular complexity index is 2080. The molecular weight excluding hydrogens is 644 g/mol. The zero-order valence-electron chi connectivity index (χ0n) is 26.8. The van der Waals surface area contributed by atoms with Crippen LogP contribution >= 0.6 is 0 Å². The Morgan fingerprint density at radius 2 is 1.00 bits per heavy atom. The van der Waals surface area contributed by atoms with Crippen LogP contribution in [0.2, 0.25) is 0 Å². The number of hydrogen-bond acceptors (Lipinski definition) is 13. The smallest absolute Gasteiger partial charge is 0.332 e. The van der Waals surface area contributed by atoms with Crippen molar-refractivity contribution in [2.24, 2.45) is 5.18 Å². The first kappa shape index (κ1) is 37.1.